The normalized spacial score (nSPS) is 20.4. The average molecular weight is 292 g/mol. The number of hydrogen-bond acceptors (Lipinski definition) is 2. The largest absolute Gasteiger partial charge is 0.367 e. The zero-order valence-electron chi connectivity index (χ0n) is 13.3. The highest BCUT2D eigenvalue weighted by atomic mass is 15.2. The summed E-state index contributed by atoms with van der Waals surface area (Å²) in [7, 11) is 0. The van der Waals surface area contributed by atoms with Gasteiger partial charge in [0.05, 0.1) is 0 Å². The van der Waals surface area contributed by atoms with Crippen LogP contribution in [0, 0.1) is 0 Å². The van der Waals surface area contributed by atoms with Crippen LogP contribution in [0.3, 0.4) is 0 Å². The van der Waals surface area contributed by atoms with E-state index in [1.807, 2.05) is 0 Å². The van der Waals surface area contributed by atoms with E-state index < -0.39 is 0 Å². The Morgan fingerprint density at radius 1 is 1.05 bits per heavy atom. The second-order valence-corrected chi connectivity index (χ2v) is 6.48. The fraction of sp³-hybridized carbons (Fsp3) is 0.400. The van der Waals surface area contributed by atoms with Crippen LogP contribution in [0.15, 0.2) is 42.5 Å². The van der Waals surface area contributed by atoms with E-state index in [-0.39, 0.29) is 0 Å². The molecule has 2 aromatic rings. The van der Waals surface area contributed by atoms with E-state index in [4.69, 9.17) is 0 Å². The van der Waals surface area contributed by atoms with Gasteiger partial charge in [-0.15, -0.1) is 0 Å². The van der Waals surface area contributed by atoms with Crippen LogP contribution >= 0.6 is 0 Å². The van der Waals surface area contributed by atoms with Crippen molar-refractivity contribution in [2.24, 2.45) is 0 Å². The van der Waals surface area contributed by atoms with Gasteiger partial charge in [-0.25, -0.2) is 0 Å². The Labute approximate surface area is 133 Å². The zero-order chi connectivity index (χ0) is 14.9. The van der Waals surface area contributed by atoms with Gasteiger partial charge in [0.2, 0.25) is 0 Å². The van der Waals surface area contributed by atoms with E-state index in [9.17, 15) is 0 Å². The van der Waals surface area contributed by atoms with Gasteiger partial charge in [-0.1, -0.05) is 43.3 Å². The molecule has 0 radical (unpaired) electrons. The predicted octanol–water partition coefficient (Wildman–Crippen LogP) is 3.64. The van der Waals surface area contributed by atoms with Crippen molar-refractivity contribution in [3.63, 3.8) is 0 Å². The highest BCUT2D eigenvalue weighted by Crippen LogP contribution is 2.37. The summed E-state index contributed by atoms with van der Waals surface area (Å²) in [5.41, 5.74) is 7.07. The lowest BCUT2D eigenvalue weighted by molar-refractivity contribution is 0.612. The van der Waals surface area contributed by atoms with Crippen LogP contribution in [0.1, 0.15) is 24.5 Å². The molecular formula is C20H24N2. The summed E-state index contributed by atoms with van der Waals surface area (Å²) >= 11 is 0. The lowest BCUT2D eigenvalue weighted by Crippen LogP contribution is -2.32. The lowest BCUT2D eigenvalue weighted by atomic mass is 10.00. The smallest absolute Gasteiger partial charge is 0.0408 e. The number of rotatable bonds is 2. The van der Waals surface area contributed by atoms with Crippen LogP contribution < -0.4 is 10.2 Å². The van der Waals surface area contributed by atoms with Crippen molar-refractivity contribution < 1.29 is 0 Å². The van der Waals surface area contributed by atoms with Crippen LogP contribution in [0.25, 0.3) is 11.1 Å². The first-order chi connectivity index (χ1) is 10.8. The van der Waals surface area contributed by atoms with E-state index >= 15 is 0 Å². The first-order valence-electron chi connectivity index (χ1n) is 8.55. The number of anilines is 1. The molecule has 2 nitrogen and oxygen atoms in total. The average Bonchev–Trinajstić information content (AvgIpc) is 2.75. The number of nitrogens with one attached hydrogen (secondary N) is 1. The number of benzene rings is 2. The minimum atomic E-state index is 0.697. The van der Waals surface area contributed by atoms with E-state index in [0.29, 0.717) is 6.04 Å². The van der Waals surface area contributed by atoms with Crippen molar-refractivity contribution >= 4 is 5.69 Å². The maximum Gasteiger partial charge on any atom is 0.0408 e. The Morgan fingerprint density at radius 2 is 1.86 bits per heavy atom. The first-order valence-corrected chi connectivity index (χ1v) is 8.55. The summed E-state index contributed by atoms with van der Waals surface area (Å²) < 4.78 is 0. The maximum atomic E-state index is 3.52. The summed E-state index contributed by atoms with van der Waals surface area (Å²) in [6, 6.07) is 16.8. The molecule has 2 aromatic carbocycles. The monoisotopic (exact) mass is 292 g/mol. The topological polar surface area (TPSA) is 15.3 Å². The third-order valence-electron chi connectivity index (χ3n) is 5.17. The molecule has 0 bridgehead atoms. The molecule has 0 amide bonds. The van der Waals surface area contributed by atoms with Crippen LogP contribution in [-0.4, -0.2) is 25.7 Å². The molecule has 2 heteroatoms. The van der Waals surface area contributed by atoms with Crippen LogP contribution in [0.4, 0.5) is 5.69 Å². The highest BCUT2D eigenvalue weighted by molar-refractivity contribution is 5.73. The third-order valence-corrected chi connectivity index (χ3v) is 5.17. The van der Waals surface area contributed by atoms with Gasteiger partial charge in [-0.3, -0.25) is 0 Å². The summed E-state index contributed by atoms with van der Waals surface area (Å²) in [6.07, 6.45) is 3.58. The van der Waals surface area contributed by atoms with E-state index in [1.54, 1.807) is 0 Å². The molecule has 114 valence electrons. The Balaban J connectivity index is 1.68. The molecule has 1 fully saturated rings. The molecule has 0 aromatic heterocycles. The van der Waals surface area contributed by atoms with Crippen molar-refractivity contribution in [1.82, 2.24) is 5.32 Å². The van der Waals surface area contributed by atoms with Gasteiger partial charge < -0.3 is 10.2 Å². The predicted molar refractivity (Wildman–Crippen MR) is 93.6 cm³/mol. The van der Waals surface area contributed by atoms with Crippen LogP contribution in [0.5, 0.6) is 0 Å². The second-order valence-electron chi connectivity index (χ2n) is 6.48. The van der Waals surface area contributed by atoms with Gasteiger partial charge in [0.25, 0.3) is 0 Å². The fourth-order valence-electron chi connectivity index (χ4n) is 3.83. The fourth-order valence-corrected chi connectivity index (χ4v) is 3.83. The molecule has 1 N–H and O–H groups in total. The summed E-state index contributed by atoms with van der Waals surface area (Å²) in [6.45, 7) is 5.60. The van der Waals surface area contributed by atoms with Crippen molar-refractivity contribution in [2.75, 3.05) is 24.5 Å². The zero-order valence-corrected chi connectivity index (χ0v) is 13.3. The molecule has 4 rings (SSSR count). The minimum Gasteiger partial charge on any atom is -0.367 e. The van der Waals surface area contributed by atoms with Gasteiger partial charge >= 0.3 is 0 Å². The first kappa shape index (κ1) is 13.8. The molecule has 0 spiro atoms. The standard InChI is InChI=1S/C20H24N2/c1-2-15-3-5-16(6-4-15)17-7-8-18-13-19-9-10-21-11-12-22(19)20(18)14-17/h3-8,14,19,21H,2,9-13H2,1H3. The molecule has 1 unspecified atom stereocenters. The van der Waals surface area contributed by atoms with E-state index in [0.717, 1.165) is 26.1 Å². The van der Waals surface area contributed by atoms with Crippen molar-refractivity contribution in [3.05, 3.63) is 53.6 Å². The quantitative estimate of drug-likeness (QED) is 0.909. The Morgan fingerprint density at radius 3 is 2.68 bits per heavy atom. The van der Waals surface area contributed by atoms with Crippen molar-refractivity contribution in [1.29, 1.82) is 0 Å². The summed E-state index contributed by atoms with van der Waals surface area (Å²) in [4.78, 5) is 2.62. The summed E-state index contributed by atoms with van der Waals surface area (Å²) in [5.74, 6) is 0. The SMILES string of the molecule is CCc1ccc(-c2ccc3c(c2)N2CCNCCC2C3)cc1. The van der Waals surface area contributed by atoms with Gasteiger partial charge in [-0.2, -0.15) is 0 Å². The number of fused-ring (bicyclic) bond motifs is 3. The van der Waals surface area contributed by atoms with Crippen molar-refractivity contribution in [3.8, 4) is 11.1 Å². The second kappa shape index (κ2) is 5.77. The molecule has 0 saturated carbocycles. The number of nitrogens with zero attached hydrogens (tertiary/aromatic N) is 1. The molecule has 0 aliphatic carbocycles. The molecule has 2 aliphatic heterocycles. The lowest BCUT2D eigenvalue weighted by Gasteiger charge is -2.24. The molecule has 2 heterocycles. The van der Waals surface area contributed by atoms with Crippen LogP contribution in [-0.2, 0) is 12.8 Å². The van der Waals surface area contributed by atoms with Gasteiger partial charge in [-0.05, 0) is 54.1 Å². The number of aryl methyl sites for hydroxylation is 1. The van der Waals surface area contributed by atoms with Gasteiger partial charge in [0.1, 0.15) is 0 Å². The Bertz CT molecular complexity index is 660. The van der Waals surface area contributed by atoms with E-state index in [1.165, 1.54) is 40.8 Å². The minimum absolute atomic E-state index is 0.697. The maximum absolute atomic E-state index is 3.52. The number of hydrogen-bond donors (Lipinski definition) is 1. The molecule has 2 aliphatic rings. The van der Waals surface area contributed by atoms with E-state index in [2.05, 4.69) is 59.6 Å². The Hall–Kier alpha value is -1.80. The molecule has 22 heavy (non-hydrogen) atoms. The summed E-state index contributed by atoms with van der Waals surface area (Å²) in [5, 5.41) is 3.52. The van der Waals surface area contributed by atoms with Crippen LogP contribution in [0.2, 0.25) is 0 Å². The van der Waals surface area contributed by atoms with Crippen molar-refractivity contribution in [2.45, 2.75) is 32.2 Å². The molecular weight excluding hydrogens is 268 g/mol. The van der Waals surface area contributed by atoms with Gasteiger partial charge in [0, 0.05) is 24.8 Å². The highest BCUT2D eigenvalue weighted by Gasteiger charge is 2.30. The molecule has 1 atom stereocenters. The molecule has 1 saturated heterocycles. The third kappa shape index (κ3) is 2.42. The van der Waals surface area contributed by atoms with Gasteiger partial charge in [0.15, 0.2) is 0 Å². The Kier molecular flexibility index (Phi) is 3.63.